The van der Waals surface area contributed by atoms with E-state index in [0.717, 1.165) is 48.7 Å². The maximum Gasteiger partial charge on any atom is 0.425 e. The summed E-state index contributed by atoms with van der Waals surface area (Å²) in [4.78, 5) is 0.120. The topological polar surface area (TPSA) is 30.7 Å². The molecule has 0 atom stereocenters. The van der Waals surface area contributed by atoms with Crippen LogP contribution in [-0.2, 0) is 17.0 Å². The lowest BCUT2D eigenvalue weighted by molar-refractivity contribution is -0.134. The Balaban J connectivity index is 1.77. The SMILES string of the molecule is CC1(c2nnc(C(C)(C)c3ccc(C(F)(F)F)s3)n2C2CC2)CC1. The van der Waals surface area contributed by atoms with E-state index in [-0.39, 0.29) is 5.41 Å². The molecule has 0 radical (unpaired) electrons. The molecule has 24 heavy (non-hydrogen) atoms. The second-order valence-corrected chi connectivity index (χ2v) is 8.88. The van der Waals surface area contributed by atoms with Crippen LogP contribution in [0.25, 0.3) is 0 Å². The summed E-state index contributed by atoms with van der Waals surface area (Å²) in [5, 5.41) is 8.90. The van der Waals surface area contributed by atoms with Gasteiger partial charge in [0.05, 0.1) is 5.41 Å². The van der Waals surface area contributed by atoms with Gasteiger partial charge in [-0.05, 0) is 51.7 Å². The van der Waals surface area contributed by atoms with Gasteiger partial charge < -0.3 is 4.57 Å². The standard InChI is InChI=1S/C17H20F3N3S/c1-15(2,11-6-7-12(24-11)17(18,19)20)13-21-22-14(16(3)8-9-16)23(13)10-4-5-10/h6-7,10H,4-5,8-9H2,1-3H3. The van der Waals surface area contributed by atoms with Crippen molar-refractivity contribution in [3.8, 4) is 0 Å². The lowest BCUT2D eigenvalue weighted by atomic mass is 9.90. The minimum atomic E-state index is -4.30. The molecule has 3 nitrogen and oxygen atoms in total. The molecule has 2 heterocycles. The van der Waals surface area contributed by atoms with Gasteiger partial charge in [0.1, 0.15) is 16.5 Å². The maximum absolute atomic E-state index is 13.0. The Morgan fingerprint density at radius 1 is 1.12 bits per heavy atom. The molecular weight excluding hydrogens is 335 g/mol. The van der Waals surface area contributed by atoms with Crippen LogP contribution in [0.2, 0.25) is 0 Å². The number of thiophene rings is 1. The molecule has 0 aliphatic heterocycles. The first-order valence-corrected chi connectivity index (χ1v) is 9.08. The fourth-order valence-electron chi connectivity index (χ4n) is 3.16. The summed E-state index contributed by atoms with van der Waals surface area (Å²) in [5.74, 6) is 1.81. The molecule has 7 heteroatoms. The molecule has 0 unspecified atom stereocenters. The summed E-state index contributed by atoms with van der Waals surface area (Å²) in [7, 11) is 0. The van der Waals surface area contributed by atoms with E-state index in [0.29, 0.717) is 10.9 Å². The van der Waals surface area contributed by atoms with Crippen molar-refractivity contribution < 1.29 is 13.2 Å². The van der Waals surface area contributed by atoms with Crippen molar-refractivity contribution in [3.05, 3.63) is 33.5 Å². The monoisotopic (exact) mass is 355 g/mol. The van der Waals surface area contributed by atoms with E-state index in [2.05, 4.69) is 21.7 Å². The van der Waals surface area contributed by atoms with Gasteiger partial charge in [-0.3, -0.25) is 0 Å². The Hall–Kier alpha value is -1.37. The smallest absolute Gasteiger partial charge is 0.311 e. The van der Waals surface area contributed by atoms with Gasteiger partial charge in [-0.25, -0.2) is 0 Å². The summed E-state index contributed by atoms with van der Waals surface area (Å²) in [6.07, 6.45) is 0.117. The summed E-state index contributed by atoms with van der Waals surface area (Å²) < 4.78 is 41.1. The number of rotatable bonds is 4. The quantitative estimate of drug-likeness (QED) is 0.766. The number of hydrogen-bond donors (Lipinski definition) is 0. The van der Waals surface area contributed by atoms with Crippen molar-refractivity contribution >= 4 is 11.3 Å². The van der Waals surface area contributed by atoms with Gasteiger partial charge in [0, 0.05) is 16.3 Å². The molecule has 0 aromatic carbocycles. The summed E-state index contributed by atoms with van der Waals surface area (Å²) in [6.45, 7) is 6.08. The highest BCUT2D eigenvalue weighted by Gasteiger charge is 2.48. The van der Waals surface area contributed by atoms with Gasteiger partial charge in [0.25, 0.3) is 0 Å². The Bertz CT molecular complexity index is 779. The van der Waals surface area contributed by atoms with Gasteiger partial charge in [-0.2, -0.15) is 13.2 Å². The maximum atomic E-state index is 13.0. The minimum Gasteiger partial charge on any atom is -0.311 e. The van der Waals surface area contributed by atoms with Crippen molar-refractivity contribution in [2.45, 2.75) is 69.5 Å². The zero-order valence-electron chi connectivity index (χ0n) is 13.9. The number of alkyl halides is 3. The van der Waals surface area contributed by atoms with E-state index in [4.69, 9.17) is 0 Å². The number of halogens is 3. The third-order valence-electron chi connectivity index (χ3n) is 5.21. The van der Waals surface area contributed by atoms with E-state index >= 15 is 0 Å². The van der Waals surface area contributed by atoms with Crippen LogP contribution in [0, 0.1) is 0 Å². The largest absolute Gasteiger partial charge is 0.425 e. The molecule has 2 aromatic rings. The van der Waals surface area contributed by atoms with Crippen LogP contribution in [0.15, 0.2) is 12.1 Å². The van der Waals surface area contributed by atoms with Gasteiger partial charge in [0.2, 0.25) is 0 Å². The summed E-state index contributed by atoms with van der Waals surface area (Å²) >= 11 is 0.809. The Morgan fingerprint density at radius 3 is 2.25 bits per heavy atom. The van der Waals surface area contributed by atoms with Crippen LogP contribution in [0.3, 0.4) is 0 Å². The average Bonchev–Trinajstić information content (AvgIpc) is 3.34. The first-order chi connectivity index (χ1) is 11.1. The number of aromatic nitrogens is 3. The Kier molecular flexibility index (Phi) is 3.25. The van der Waals surface area contributed by atoms with Crippen molar-refractivity contribution in [3.63, 3.8) is 0 Å². The predicted octanol–water partition coefficient (Wildman–Crippen LogP) is 5.07. The van der Waals surface area contributed by atoms with Crippen LogP contribution in [0.4, 0.5) is 13.2 Å². The summed E-state index contributed by atoms with van der Waals surface area (Å²) in [6, 6.07) is 3.16. The third-order valence-corrected chi connectivity index (χ3v) is 6.66. The first-order valence-electron chi connectivity index (χ1n) is 8.26. The van der Waals surface area contributed by atoms with Crippen LogP contribution in [0.1, 0.15) is 73.9 Å². The third kappa shape index (κ3) is 2.48. The number of nitrogens with zero attached hydrogens (tertiary/aromatic N) is 3. The molecule has 2 aromatic heterocycles. The summed E-state index contributed by atoms with van der Waals surface area (Å²) in [5.41, 5.74) is -0.496. The van der Waals surface area contributed by atoms with Crippen LogP contribution in [0.5, 0.6) is 0 Å². The number of hydrogen-bond acceptors (Lipinski definition) is 3. The van der Waals surface area contributed by atoms with Crippen molar-refractivity contribution in [2.24, 2.45) is 0 Å². The van der Waals surface area contributed by atoms with Gasteiger partial charge >= 0.3 is 6.18 Å². The van der Waals surface area contributed by atoms with E-state index in [1.165, 1.54) is 6.07 Å². The highest BCUT2D eigenvalue weighted by Crippen LogP contribution is 2.51. The van der Waals surface area contributed by atoms with E-state index < -0.39 is 16.5 Å². The van der Waals surface area contributed by atoms with Crippen LogP contribution < -0.4 is 0 Å². The normalized spacial score (nSPS) is 20.4. The zero-order valence-corrected chi connectivity index (χ0v) is 14.8. The zero-order chi connectivity index (χ0) is 17.3. The van der Waals surface area contributed by atoms with E-state index in [1.54, 1.807) is 6.07 Å². The molecule has 4 rings (SSSR count). The first kappa shape index (κ1) is 16.1. The van der Waals surface area contributed by atoms with E-state index in [9.17, 15) is 13.2 Å². The van der Waals surface area contributed by atoms with Gasteiger partial charge in [-0.1, -0.05) is 6.92 Å². The Labute approximate surface area is 142 Å². The molecule has 0 spiro atoms. The van der Waals surface area contributed by atoms with Crippen molar-refractivity contribution in [1.29, 1.82) is 0 Å². The molecule has 0 saturated heterocycles. The molecule has 2 saturated carbocycles. The fraction of sp³-hybridized carbons (Fsp3) is 0.647. The highest BCUT2D eigenvalue weighted by atomic mass is 32.1. The molecule has 0 amide bonds. The molecule has 0 bridgehead atoms. The molecule has 2 fully saturated rings. The van der Waals surface area contributed by atoms with Crippen LogP contribution >= 0.6 is 11.3 Å². The average molecular weight is 355 g/mol. The fourth-order valence-corrected chi connectivity index (χ4v) is 4.13. The van der Waals surface area contributed by atoms with Gasteiger partial charge in [-0.15, -0.1) is 21.5 Å². The van der Waals surface area contributed by atoms with Crippen molar-refractivity contribution in [1.82, 2.24) is 14.8 Å². The molecule has 2 aliphatic rings. The van der Waals surface area contributed by atoms with Gasteiger partial charge in [0.15, 0.2) is 0 Å². The lowest BCUT2D eigenvalue weighted by Gasteiger charge is -2.24. The predicted molar refractivity (Wildman–Crippen MR) is 86.3 cm³/mol. The van der Waals surface area contributed by atoms with E-state index in [1.807, 2.05) is 13.8 Å². The van der Waals surface area contributed by atoms with Crippen LogP contribution in [-0.4, -0.2) is 14.8 Å². The second-order valence-electron chi connectivity index (χ2n) is 7.80. The molecular formula is C17H20F3N3S. The molecule has 0 N–H and O–H groups in total. The lowest BCUT2D eigenvalue weighted by Crippen LogP contribution is -2.25. The second kappa shape index (κ2) is 4.84. The minimum absolute atomic E-state index is 0.0937. The molecule has 130 valence electrons. The Morgan fingerprint density at radius 2 is 1.75 bits per heavy atom. The molecule has 2 aliphatic carbocycles. The van der Waals surface area contributed by atoms with Crippen molar-refractivity contribution in [2.75, 3.05) is 0 Å². The highest BCUT2D eigenvalue weighted by molar-refractivity contribution is 7.12.